The van der Waals surface area contributed by atoms with Crippen LogP contribution in [0.1, 0.15) is 0 Å². The van der Waals surface area contributed by atoms with Crippen molar-refractivity contribution in [1.82, 2.24) is 5.32 Å². The van der Waals surface area contributed by atoms with Crippen LogP contribution in [0.4, 0.5) is 5.69 Å². The minimum Gasteiger partial charge on any atom is -0.479 e. The highest BCUT2D eigenvalue weighted by Crippen LogP contribution is 2.18. The fourth-order valence-electron chi connectivity index (χ4n) is 1.57. The van der Waals surface area contributed by atoms with Crippen LogP contribution in [-0.4, -0.2) is 12.6 Å². The Labute approximate surface area is 127 Å². The number of ether oxygens (including phenoxy) is 2. The van der Waals surface area contributed by atoms with Crippen LogP contribution in [0.2, 0.25) is 0 Å². The number of aliphatic imine (C=N–C) groups is 1. The number of nitrogens with zero attached hydrogens (tertiary/aromatic N) is 3. The summed E-state index contributed by atoms with van der Waals surface area (Å²) in [6.45, 7) is -0.0129. The number of hydrogen-bond acceptors (Lipinski definition) is 5. The maximum absolute atomic E-state index is 8.76. The van der Waals surface area contributed by atoms with Gasteiger partial charge in [0.15, 0.2) is 12.8 Å². The van der Waals surface area contributed by atoms with Crippen LogP contribution in [0.3, 0.4) is 0 Å². The van der Waals surface area contributed by atoms with Crippen molar-refractivity contribution in [3.63, 3.8) is 0 Å². The Kier molecular flexibility index (Phi) is 5.37. The van der Waals surface area contributed by atoms with Crippen LogP contribution in [0, 0.1) is 22.8 Å². The van der Waals surface area contributed by atoms with Crippen LogP contribution in [0.25, 0.3) is 0 Å². The van der Waals surface area contributed by atoms with Crippen molar-refractivity contribution in [2.75, 3.05) is 6.61 Å². The zero-order valence-corrected chi connectivity index (χ0v) is 11.6. The number of amidine groups is 1. The van der Waals surface area contributed by atoms with Gasteiger partial charge in [0.05, 0.1) is 5.69 Å². The van der Waals surface area contributed by atoms with Crippen LogP contribution in [0.5, 0.6) is 11.5 Å². The van der Waals surface area contributed by atoms with Crippen LogP contribution in [0.15, 0.2) is 59.6 Å². The van der Waals surface area contributed by atoms with Gasteiger partial charge in [0.25, 0.3) is 0 Å². The van der Waals surface area contributed by atoms with Gasteiger partial charge in [-0.25, -0.2) is 5.32 Å². The summed E-state index contributed by atoms with van der Waals surface area (Å²) in [7, 11) is 0. The fraction of sp³-hybridized carbons (Fsp3) is 0.0625. The molecule has 1 N–H and O–H groups in total. The molecule has 0 amide bonds. The summed E-state index contributed by atoms with van der Waals surface area (Å²) < 4.78 is 10.6. The highest BCUT2D eigenvalue weighted by Gasteiger charge is 2.03. The smallest absolute Gasteiger partial charge is 0.309 e. The van der Waals surface area contributed by atoms with Gasteiger partial charge < -0.3 is 9.47 Å². The van der Waals surface area contributed by atoms with Crippen LogP contribution in [-0.2, 0) is 0 Å². The summed E-state index contributed by atoms with van der Waals surface area (Å²) >= 11 is 0. The number of rotatable bonds is 4. The first kappa shape index (κ1) is 14.9. The Balaban J connectivity index is 2.12. The number of benzene rings is 2. The SMILES string of the molecule is N#CCOc1ccc(N=C(NC#N)Oc2ccccc2)cc1. The van der Waals surface area contributed by atoms with E-state index < -0.39 is 0 Å². The predicted octanol–water partition coefficient (Wildman–Crippen LogP) is 2.73. The van der Waals surface area contributed by atoms with Crippen molar-refractivity contribution in [2.24, 2.45) is 4.99 Å². The van der Waals surface area contributed by atoms with Crippen molar-refractivity contribution in [3.05, 3.63) is 54.6 Å². The summed E-state index contributed by atoms with van der Waals surface area (Å²) in [4.78, 5) is 4.21. The van der Waals surface area contributed by atoms with Gasteiger partial charge in [-0.3, -0.25) is 0 Å². The largest absolute Gasteiger partial charge is 0.479 e. The lowest BCUT2D eigenvalue weighted by Crippen LogP contribution is -2.23. The van der Waals surface area contributed by atoms with Gasteiger partial charge in [-0.2, -0.15) is 15.5 Å². The van der Waals surface area contributed by atoms with Crippen molar-refractivity contribution in [3.8, 4) is 23.8 Å². The van der Waals surface area contributed by atoms with Crippen molar-refractivity contribution in [2.45, 2.75) is 0 Å². The van der Waals surface area contributed by atoms with Crippen LogP contribution < -0.4 is 14.8 Å². The van der Waals surface area contributed by atoms with E-state index in [1.807, 2.05) is 24.3 Å². The summed E-state index contributed by atoms with van der Waals surface area (Å²) in [5.41, 5.74) is 0.581. The molecule has 0 saturated carbocycles. The zero-order valence-electron chi connectivity index (χ0n) is 11.6. The molecule has 2 aromatic rings. The molecule has 0 bridgehead atoms. The van der Waals surface area contributed by atoms with E-state index in [-0.39, 0.29) is 12.6 Å². The monoisotopic (exact) mass is 292 g/mol. The fourth-order valence-corrected chi connectivity index (χ4v) is 1.57. The Morgan fingerprint density at radius 2 is 1.73 bits per heavy atom. The molecule has 2 rings (SSSR count). The molecule has 22 heavy (non-hydrogen) atoms. The lowest BCUT2D eigenvalue weighted by molar-refractivity contribution is 0.368. The molecule has 0 unspecified atom stereocenters. The first-order valence-electron chi connectivity index (χ1n) is 6.38. The molecule has 6 nitrogen and oxygen atoms in total. The minimum absolute atomic E-state index is 0.0129. The standard InChI is InChI=1S/C16H12N4O2/c17-10-11-21-14-8-6-13(7-9-14)20-16(19-12-18)22-15-4-2-1-3-5-15/h1-9H,11H2,(H,19,20). The summed E-state index contributed by atoms with van der Waals surface area (Å²) in [6, 6.07) is 17.7. The molecule has 0 saturated heterocycles. The second kappa shape index (κ2) is 7.93. The van der Waals surface area contributed by atoms with E-state index in [9.17, 15) is 0 Å². The van der Waals surface area contributed by atoms with Gasteiger partial charge in [0, 0.05) is 0 Å². The molecule has 0 spiro atoms. The average Bonchev–Trinajstić information content (AvgIpc) is 2.55. The average molecular weight is 292 g/mol. The molecular formula is C16H12N4O2. The number of nitrogens with one attached hydrogen (secondary N) is 1. The second-order valence-corrected chi connectivity index (χ2v) is 4.01. The third-order valence-electron chi connectivity index (χ3n) is 2.49. The first-order valence-corrected chi connectivity index (χ1v) is 6.38. The quantitative estimate of drug-likeness (QED) is 0.405. The Morgan fingerprint density at radius 3 is 2.36 bits per heavy atom. The lowest BCUT2D eigenvalue weighted by Gasteiger charge is -2.07. The lowest BCUT2D eigenvalue weighted by atomic mass is 10.3. The third-order valence-corrected chi connectivity index (χ3v) is 2.49. The van der Waals surface area contributed by atoms with E-state index in [2.05, 4.69) is 10.3 Å². The minimum atomic E-state index is -0.0129. The van der Waals surface area contributed by atoms with Gasteiger partial charge in [0.1, 0.15) is 17.6 Å². The van der Waals surface area contributed by atoms with Crippen molar-refractivity contribution < 1.29 is 9.47 Å². The highest BCUT2D eigenvalue weighted by molar-refractivity contribution is 5.80. The first-order chi connectivity index (χ1) is 10.8. The molecule has 0 fully saturated rings. The molecule has 0 atom stereocenters. The van der Waals surface area contributed by atoms with E-state index >= 15 is 0 Å². The predicted molar refractivity (Wildman–Crippen MR) is 80.5 cm³/mol. The zero-order chi connectivity index (χ0) is 15.6. The normalized spacial score (nSPS) is 10.2. The maximum atomic E-state index is 8.76. The Morgan fingerprint density at radius 1 is 1.00 bits per heavy atom. The molecule has 0 aromatic heterocycles. The van der Waals surface area contributed by atoms with E-state index in [1.54, 1.807) is 42.6 Å². The van der Waals surface area contributed by atoms with E-state index in [4.69, 9.17) is 20.0 Å². The molecule has 0 aliphatic rings. The number of hydrogen-bond donors (Lipinski definition) is 1. The van der Waals surface area contributed by atoms with E-state index in [0.29, 0.717) is 17.2 Å². The molecule has 108 valence electrons. The Bertz CT molecular complexity index is 713. The molecule has 0 aliphatic carbocycles. The third kappa shape index (κ3) is 4.55. The molecule has 2 aromatic carbocycles. The number of nitriles is 2. The van der Waals surface area contributed by atoms with Gasteiger partial charge in [-0.05, 0) is 36.4 Å². The van der Waals surface area contributed by atoms with Crippen molar-refractivity contribution >= 4 is 11.7 Å². The Hall–Kier alpha value is -3.51. The van der Waals surface area contributed by atoms with Gasteiger partial charge in [-0.1, -0.05) is 18.2 Å². The number of para-hydroxylation sites is 1. The van der Waals surface area contributed by atoms with E-state index in [1.165, 1.54) is 0 Å². The maximum Gasteiger partial charge on any atom is 0.309 e. The highest BCUT2D eigenvalue weighted by atomic mass is 16.5. The topological polar surface area (TPSA) is 90.4 Å². The summed E-state index contributed by atoms with van der Waals surface area (Å²) in [5, 5.41) is 19.6. The molecular weight excluding hydrogens is 280 g/mol. The van der Waals surface area contributed by atoms with Crippen LogP contribution >= 0.6 is 0 Å². The van der Waals surface area contributed by atoms with E-state index in [0.717, 1.165) is 0 Å². The molecule has 0 heterocycles. The summed E-state index contributed by atoms with van der Waals surface area (Å²) in [5.74, 6) is 1.14. The molecule has 6 heteroatoms. The van der Waals surface area contributed by atoms with Crippen molar-refractivity contribution in [1.29, 1.82) is 10.5 Å². The van der Waals surface area contributed by atoms with Gasteiger partial charge in [0.2, 0.25) is 0 Å². The molecule has 0 radical (unpaired) electrons. The summed E-state index contributed by atoms with van der Waals surface area (Å²) in [6.07, 6.45) is 1.78. The van der Waals surface area contributed by atoms with Gasteiger partial charge >= 0.3 is 6.02 Å². The van der Waals surface area contributed by atoms with Gasteiger partial charge in [-0.15, -0.1) is 0 Å². The second-order valence-electron chi connectivity index (χ2n) is 4.01. The molecule has 0 aliphatic heterocycles.